The van der Waals surface area contributed by atoms with E-state index in [1.807, 2.05) is 0 Å². The summed E-state index contributed by atoms with van der Waals surface area (Å²) in [6, 6.07) is 2.05. The molecule has 2 N–H and O–H groups in total. The van der Waals surface area contributed by atoms with Gasteiger partial charge in [0.2, 0.25) is 0 Å². The maximum absolute atomic E-state index is 4.53. The first kappa shape index (κ1) is 12.9. The highest BCUT2D eigenvalue weighted by atomic mass is 15.4. The van der Waals surface area contributed by atoms with Crippen LogP contribution in [-0.2, 0) is 0 Å². The van der Waals surface area contributed by atoms with E-state index < -0.39 is 0 Å². The minimum atomic E-state index is 0.657. The number of anilines is 2. The number of rotatable bonds is 6. The zero-order valence-electron chi connectivity index (χ0n) is 12.3. The topological polar surface area (TPSA) is 67.1 Å². The van der Waals surface area contributed by atoms with Crippen molar-refractivity contribution in [1.29, 1.82) is 0 Å². The second kappa shape index (κ2) is 5.50. The van der Waals surface area contributed by atoms with Gasteiger partial charge in [-0.3, -0.25) is 0 Å². The van der Waals surface area contributed by atoms with Gasteiger partial charge in [-0.05, 0) is 37.5 Å². The maximum Gasteiger partial charge on any atom is 0.256 e. The van der Waals surface area contributed by atoms with Gasteiger partial charge in [0.05, 0.1) is 0 Å². The van der Waals surface area contributed by atoms with Crippen LogP contribution in [0.4, 0.5) is 11.6 Å². The van der Waals surface area contributed by atoms with E-state index in [2.05, 4.69) is 31.8 Å². The number of nitrogens with zero attached hydrogens (tertiary/aromatic N) is 4. The lowest BCUT2D eigenvalue weighted by Crippen LogP contribution is -2.23. The summed E-state index contributed by atoms with van der Waals surface area (Å²) in [7, 11) is 0. The average molecular weight is 286 g/mol. The molecule has 0 atom stereocenters. The molecule has 2 fully saturated rings. The summed E-state index contributed by atoms with van der Waals surface area (Å²) in [5, 5.41) is 11.2. The highest BCUT2D eigenvalue weighted by Crippen LogP contribution is 2.28. The van der Waals surface area contributed by atoms with Crippen LogP contribution in [0.15, 0.2) is 12.4 Å². The molecule has 6 nitrogen and oxygen atoms in total. The van der Waals surface area contributed by atoms with E-state index in [9.17, 15) is 0 Å². The molecule has 2 aromatic rings. The molecule has 0 saturated heterocycles. The minimum Gasteiger partial charge on any atom is -0.370 e. The van der Waals surface area contributed by atoms with Gasteiger partial charge in [-0.2, -0.15) is 19.6 Å². The van der Waals surface area contributed by atoms with E-state index in [1.165, 1.54) is 38.5 Å². The molecular formula is C15H22N6. The van der Waals surface area contributed by atoms with Crippen LogP contribution < -0.4 is 10.6 Å². The number of nitrogens with one attached hydrogen (secondary N) is 2. The van der Waals surface area contributed by atoms with Gasteiger partial charge >= 0.3 is 0 Å². The number of fused-ring (bicyclic) bond motifs is 1. The quantitative estimate of drug-likeness (QED) is 0.854. The van der Waals surface area contributed by atoms with E-state index in [1.54, 1.807) is 10.8 Å². The predicted octanol–water partition coefficient (Wildman–Crippen LogP) is 2.55. The van der Waals surface area contributed by atoms with Crippen molar-refractivity contribution in [3.05, 3.63) is 12.4 Å². The van der Waals surface area contributed by atoms with Gasteiger partial charge < -0.3 is 10.6 Å². The molecule has 0 radical (unpaired) electrons. The van der Waals surface area contributed by atoms with Crippen LogP contribution in [0.5, 0.6) is 0 Å². The predicted molar refractivity (Wildman–Crippen MR) is 82.4 cm³/mol. The Morgan fingerprint density at radius 1 is 1.05 bits per heavy atom. The average Bonchev–Trinajstić information content (AvgIpc) is 2.83. The van der Waals surface area contributed by atoms with Crippen LogP contribution in [0.2, 0.25) is 0 Å². The van der Waals surface area contributed by atoms with Crippen LogP contribution in [0.25, 0.3) is 5.78 Å². The van der Waals surface area contributed by atoms with Gasteiger partial charge in [0, 0.05) is 19.2 Å². The Bertz CT molecular complexity index is 614. The molecule has 2 aromatic heterocycles. The molecule has 112 valence electrons. The Balaban J connectivity index is 1.49. The smallest absolute Gasteiger partial charge is 0.256 e. The largest absolute Gasteiger partial charge is 0.370 e. The molecule has 2 aliphatic rings. The molecule has 0 spiro atoms. The Morgan fingerprint density at radius 2 is 1.76 bits per heavy atom. The van der Waals surface area contributed by atoms with Crippen molar-refractivity contribution in [1.82, 2.24) is 19.6 Å². The van der Waals surface area contributed by atoms with E-state index in [0.717, 1.165) is 36.6 Å². The van der Waals surface area contributed by atoms with Gasteiger partial charge in [0.1, 0.15) is 18.0 Å². The van der Waals surface area contributed by atoms with E-state index in [4.69, 9.17) is 0 Å². The highest BCUT2D eigenvalue weighted by Gasteiger charge is 2.19. The first-order chi connectivity index (χ1) is 10.4. The summed E-state index contributed by atoms with van der Waals surface area (Å²) in [4.78, 5) is 8.75. The molecule has 0 aliphatic heterocycles. The van der Waals surface area contributed by atoms with Crippen molar-refractivity contribution in [2.45, 2.75) is 38.5 Å². The van der Waals surface area contributed by atoms with Crippen LogP contribution in [-0.4, -0.2) is 32.7 Å². The minimum absolute atomic E-state index is 0.657. The number of aromatic nitrogens is 4. The van der Waals surface area contributed by atoms with E-state index in [-0.39, 0.29) is 0 Å². The lowest BCUT2D eigenvalue weighted by molar-refractivity contribution is 0.332. The Hall–Kier alpha value is -1.85. The Labute approximate surface area is 124 Å². The standard InChI is InChI=1S/C15H22N6/c1-3-11(4-1)8-16-13-7-14(17-9-12-5-2-6-12)21-15(20-13)18-10-19-21/h7,10-12,17H,1-6,8-9H2,(H,16,18,19,20). The zero-order chi connectivity index (χ0) is 14.1. The van der Waals surface area contributed by atoms with Crippen LogP contribution >= 0.6 is 0 Å². The Morgan fingerprint density at radius 3 is 2.43 bits per heavy atom. The van der Waals surface area contributed by atoms with Gasteiger partial charge in [0.15, 0.2) is 0 Å². The molecule has 0 aromatic carbocycles. The van der Waals surface area contributed by atoms with Crippen LogP contribution in [0.3, 0.4) is 0 Å². The van der Waals surface area contributed by atoms with Crippen molar-refractivity contribution in [3.63, 3.8) is 0 Å². The molecule has 0 amide bonds. The molecule has 0 bridgehead atoms. The normalized spacial score (nSPS) is 19.2. The van der Waals surface area contributed by atoms with Crippen molar-refractivity contribution >= 4 is 17.4 Å². The monoisotopic (exact) mass is 286 g/mol. The molecule has 2 aliphatic carbocycles. The summed E-state index contributed by atoms with van der Waals surface area (Å²) in [5.41, 5.74) is 0. The molecule has 2 saturated carbocycles. The van der Waals surface area contributed by atoms with Gasteiger partial charge in [0.25, 0.3) is 5.78 Å². The summed E-state index contributed by atoms with van der Waals surface area (Å²) >= 11 is 0. The first-order valence-corrected chi connectivity index (χ1v) is 8.07. The fourth-order valence-electron chi connectivity index (χ4n) is 2.92. The zero-order valence-corrected chi connectivity index (χ0v) is 12.3. The highest BCUT2D eigenvalue weighted by molar-refractivity contribution is 5.54. The second-order valence-electron chi connectivity index (χ2n) is 6.35. The molecule has 4 rings (SSSR count). The maximum atomic E-state index is 4.53. The molecule has 0 unspecified atom stereocenters. The summed E-state index contributed by atoms with van der Waals surface area (Å²) in [6.45, 7) is 2.03. The van der Waals surface area contributed by atoms with E-state index in [0.29, 0.717) is 5.78 Å². The van der Waals surface area contributed by atoms with Crippen molar-refractivity contribution in [3.8, 4) is 0 Å². The molecule has 2 heterocycles. The third kappa shape index (κ3) is 2.66. The number of hydrogen-bond acceptors (Lipinski definition) is 5. The van der Waals surface area contributed by atoms with Crippen molar-refractivity contribution in [2.75, 3.05) is 23.7 Å². The fourth-order valence-corrected chi connectivity index (χ4v) is 2.92. The van der Waals surface area contributed by atoms with E-state index >= 15 is 0 Å². The fraction of sp³-hybridized carbons (Fsp3) is 0.667. The van der Waals surface area contributed by atoms with Gasteiger partial charge in [-0.25, -0.2) is 0 Å². The lowest BCUT2D eigenvalue weighted by Gasteiger charge is -2.26. The molecule has 21 heavy (non-hydrogen) atoms. The van der Waals surface area contributed by atoms with Gasteiger partial charge in [-0.15, -0.1) is 0 Å². The van der Waals surface area contributed by atoms with Crippen LogP contribution in [0.1, 0.15) is 38.5 Å². The summed E-state index contributed by atoms with van der Waals surface area (Å²) < 4.78 is 1.78. The molecular weight excluding hydrogens is 264 g/mol. The summed E-state index contributed by atoms with van der Waals surface area (Å²) in [5.74, 6) is 4.17. The first-order valence-electron chi connectivity index (χ1n) is 8.07. The second-order valence-corrected chi connectivity index (χ2v) is 6.35. The lowest BCUT2D eigenvalue weighted by atomic mass is 9.85. The summed E-state index contributed by atoms with van der Waals surface area (Å²) in [6.07, 6.45) is 9.66. The van der Waals surface area contributed by atoms with Gasteiger partial charge in [-0.1, -0.05) is 12.8 Å². The Kier molecular flexibility index (Phi) is 3.37. The SMILES string of the molecule is c1nc2nc(NCC3CCC3)cc(NCC3CCC3)n2n1. The van der Waals surface area contributed by atoms with Crippen molar-refractivity contribution < 1.29 is 0 Å². The third-order valence-electron chi connectivity index (χ3n) is 4.85. The van der Waals surface area contributed by atoms with Crippen LogP contribution in [0, 0.1) is 11.8 Å². The molecule has 6 heteroatoms. The van der Waals surface area contributed by atoms with Crippen molar-refractivity contribution in [2.24, 2.45) is 11.8 Å². The number of hydrogen-bond donors (Lipinski definition) is 2. The third-order valence-corrected chi connectivity index (χ3v) is 4.85.